The van der Waals surface area contributed by atoms with Crippen molar-refractivity contribution in [2.75, 3.05) is 5.32 Å². The van der Waals surface area contributed by atoms with Crippen molar-refractivity contribution in [3.8, 4) is 5.75 Å². The van der Waals surface area contributed by atoms with Crippen LogP contribution in [0.5, 0.6) is 5.75 Å². The summed E-state index contributed by atoms with van der Waals surface area (Å²) in [6.07, 6.45) is 3.11. The van der Waals surface area contributed by atoms with Gasteiger partial charge in [-0.05, 0) is 61.7 Å². The molecule has 2 atom stereocenters. The van der Waals surface area contributed by atoms with Gasteiger partial charge in [0.25, 0.3) is 5.91 Å². The third-order valence-electron chi connectivity index (χ3n) is 4.15. The number of aliphatic hydroxyl groups excluding tert-OH is 1. The van der Waals surface area contributed by atoms with E-state index in [-0.39, 0.29) is 17.6 Å². The fraction of sp³-hybridized carbons (Fsp3) is 0.316. The van der Waals surface area contributed by atoms with Crippen molar-refractivity contribution in [3.05, 3.63) is 59.9 Å². The van der Waals surface area contributed by atoms with E-state index in [0.717, 1.165) is 25.7 Å². The van der Waals surface area contributed by atoms with Gasteiger partial charge in [0, 0.05) is 11.3 Å². The molecule has 2 aromatic carbocycles. The Bertz CT molecular complexity index is 702. The Balaban J connectivity index is 1.61. The lowest BCUT2D eigenvalue weighted by atomic mass is 9.95. The topological polar surface area (TPSA) is 58.6 Å². The van der Waals surface area contributed by atoms with Crippen LogP contribution in [0.1, 0.15) is 36.0 Å². The lowest BCUT2D eigenvalue weighted by Gasteiger charge is -2.28. The van der Waals surface area contributed by atoms with Gasteiger partial charge in [0.1, 0.15) is 17.7 Å². The van der Waals surface area contributed by atoms with Crippen LogP contribution < -0.4 is 10.1 Å². The van der Waals surface area contributed by atoms with E-state index in [1.807, 2.05) is 0 Å². The van der Waals surface area contributed by atoms with Crippen LogP contribution in [0, 0.1) is 5.82 Å². The molecule has 0 bridgehead atoms. The van der Waals surface area contributed by atoms with Crippen molar-refractivity contribution in [2.24, 2.45) is 0 Å². The molecule has 0 aliphatic heterocycles. The number of rotatable bonds is 4. The van der Waals surface area contributed by atoms with Gasteiger partial charge in [-0.25, -0.2) is 4.39 Å². The van der Waals surface area contributed by atoms with Crippen LogP contribution in [0.4, 0.5) is 10.1 Å². The number of aliphatic hydroxyl groups is 1. The molecule has 2 aromatic rings. The Kier molecular flexibility index (Phi) is 5.11. The van der Waals surface area contributed by atoms with Crippen LogP contribution >= 0.6 is 0 Å². The number of amides is 1. The summed E-state index contributed by atoms with van der Waals surface area (Å²) in [7, 11) is 0. The van der Waals surface area contributed by atoms with E-state index in [1.54, 1.807) is 30.3 Å². The number of ether oxygens (including phenoxy) is 1. The monoisotopic (exact) mass is 329 g/mol. The fourth-order valence-electron chi connectivity index (χ4n) is 2.84. The summed E-state index contributed by atoms with van der Waals surface area (Å²) in [4.78, 5) is 12.1. The number of carbonyl (C=O) groups excluding carboxylic acids is 1. The molecule has 0 spiro atoms. The number of carbonyl (C=O) groups is 1. The predicted molar refractivity (Wildman–Crippen MR) is 89.7 cm³/mol. The largest absolute Gasteiger partial charge is 0.488 e. The number of hydrogen-bond donors (Lipinski definition) is 2. The van der Waals surface area contributed by atoms with Gasteiger partial charge in [-0.2, -0.15) is 0 Å². The molecule has 1 aliphatic rings. The van der Waals surface area contributed by atoms with Crippen molar-refractivity contribution in [3.63, 3.8) is 0 Å². The smallest absolute Gasteiger partial charge is 0.255 e. The molecule has 126 valence electrons. The van der Waals surface area contributed by atoms with Crippen molar-refractivity contribution in [1.29, 1.82) is 0 Å². The number of benzene rings is 2. The van der Waals surface area contributed by atoms with E-state index in [1.165, 1.54) is 18.2 Å². The van der Waals surface area contributed by atoms with Crippen LogP contribution in [-0.4, -0.2) is 23.2 Å². The lowest BCUT2D eigenvalue weighted by Crippen LogP contribution is -2.34. The number of halogens is 1. The Morgan fingerprint density at radius 2 is 1.88 bits per heavy atom. The second-order valence-corrected chi connectivity index (χ2v) is 6.00. The quantitative estimate of drug-likeness (QED) is 0.898. The molecule has 2 N–H and O–H groups in total. The van der Waals surface area contributed by atoms with E-state index >= 15 is 0 Å². The molecule has 1 saturated carbocycles. The average Bonchev–Trinajstić information content (AvgIpc) is 2.58. The number of hydrogen-bond acceptors (Lipinski definition) is 3. The highest BCUT2D eigenvalue weighted by Crippen LogP contribution is 2.25. The molecule has 0 aromatic heterocycles. The predicted octanol–water partition coefficient (Wildman–Crippen LogP) is 3.76. The lowest BCUT2D eigenvalue weighted by molar-refractivity contribution is 0.00688. The first-order valence-electron chi connectivity index (χ1n) is 8.13. The second kappa shape index (κ2) is 7.45. The fourth-order valence-corrected chi connectivity index (χ4v) is 2.84. The Labute approximate surface area is 140 Å². The maximum absolute atomic E-state index is 13.2. The van der Waals surface area contributed by atoms with Crippen LogP contribution in [0.3, 0.4) is 0 Å². The van der Waals surface area contributed by atoms with Crippen LogP contribution in [0.15, 0.2) is 48.5 Å². The minimum Gasteiger partial charge on any atom is -0.488 e. The summed E-state index contributed by atoms with van der Waals surface area (Å²) in [6.45, 7) is 0. The Hall–Kier alpha value is -2.40. The van der Waals surface area contributed by atoms with Gasteiger partial charge in [-0.15, -0.1) is 0 Å². The zero-order valence-corrected chi connectivity index (χ0v) is 13.2. The first-order chi connectivity index (χ1) is 11.6. The first-order valence-corrected chi connectivity index (χ1v) is 8.13. The molecular formula is C19H20FNO3. The molecule has 0 heterocycles. The molecule has 24 heavy (non-hydrogen) atoms. The van der Waals surface area contributed by atoms with Crippen LogP contribution in [-0.2, 0) is 0 Å². The highest BCUT2D eigenvalue weighted by Gasteiger charge is 2.24. The molecule has 0 radical (unpaired) electrons. The zero-order chi connectivity index (χ0) is 16.9. The van der Waals surface area contributed by atoms with Crippen molar-refractivity contribution < 1.29 is 19.0 Å². The summed E-state index contributed by atoms with van der Waals surface area (Å²) >= 11 is 0. The third-order valence-corrected chi connectivity index (χ3v) is 4.15. The van der Waals surface area contributed by atoms with Crippen LogP contribution in [0.25, 0.3) is 0 Å². The van der Waals surface area contributed by atoms with Gasteiger partial charge in [0.05, 0.1) is 6.10 Å². The normalized spacial score (nSPS) is 20.4. The molecule has 2 unspecified atom stereocenters. The van der Waals surface area contributed by atoms with E-state index in [0.29, 0.717) is 11.4 Å². The van der Waals surface area contributed by atoms with Crippen molar-refractivity contribution in [1.82, 2.24) is 0 Å². The third kappa shape index (κ3) is 4.11. The van der Waals surface area contributed by atoms with Gasteiger partial charge >= 0.3 is 0 Å². The molecule has 3 rings (SSSR count). The Morgan fingerprint density at radius 3 is 2.58 bits per heavy atom. The Morgan fingerprint density at radius 1 is 1.12 bits per heavy atom. The molecule has 4 nitrogen and oxygen atoms in total. The summed E-state index contributed by atoms with van der Waals surface area (Å²) in [5.41, 5.74) is 0.862. The van der Waals surface area contributed by atoms with E-state index in [9.17, 15) is 14.3 Å². The van der Waals surface area contributed by atoms with Gasteiger partial charge in [-0.1, -0.05) is 12.5 Å². The minimum absolute atomic E-state index is 0.175. The van der Waals surface area contributed by atoms with Crippen molar-refractivity contribution >= 4 is 11.6 Å². The summed E-state index contributed by atoms with van der Waals surface area (Å²) < 4.78 is 19.0. The molecule has 1 fully saturated rings. The van der Waals surface area contributed by atoms with E-state index in [2.05, 4.69) is 5.32 Å². The highest BCUT2D eigenvalue weighted by molar-refractivity contribution is 6.04. The maximum atomic E-state index is 13.2. The summed E-state index contributed by atoms with van der Waals surface area (Å²) in [5, 5.41) is 12.7. The molecule has 1 aliphatic carbocycles. The van der Waals surface area contributed by atoms with Gasteiger partial charge in [0.2, 0.25) is 0 Å². The summed E-state index contributed by atoms with van der Waals surface area (Å²) in [5.74, 6) is -0.159. The molecular weight excluding hydrogens is 309 g/mol. The first kappa shape index (κ1) is 16.5. The molecule has 0 saturated heterocycles. The van der Waals surface area contributed by atoms with Gasteiger partial charge in [0.15, 0.2) is 0 Å². The molecule has 5 heteroatoms. The molecule has 1 amide bonds. The van der Waals surface area contributed by atoms with E-state index < -0.39 is 11.9 Å². The number of anilines is 1. The van der Waals surface area contributed by atoms with Crippen molar-refractivity contribution in [2.45, 2.75) is 37.9 Å². The van der Waals surface area contributed by atoms with Crippen LogP contribution in [0.2, 0.25) is 0 Å². The van der Waals surface area contributed by atoms with Gasteiger partial charge < -0.3 is 15.2 Å². The SMILES string of the molecule is O=C(Nc1ccc(OC2CCCCC2O)cc1)c1cccc(F)c1. The summed E-state index contributed by atoms with van der Waals surface area (Å²) in [6, 6.07) is 12.5. The number of nitrogens with one attached hydrogen (secondary N) is 1. The standard InChI is InChI=1S/C19H20FNO3/c20-14-5-3-4-13(12-14)19(23)21-15-8-10-16(11-9-15)24-18-7-2-1-6-17(18)22/h3-5,8-12,17-18,22H,1-2,6-7H2,(H,21,23). The highest BCUT2D eigenvalue weighted by atomic mass is 19.1. The van der Waals surface area contributed by atoms with Gasteiger partial charge in [-0.3, -0.25) is 4.79 Å². The zero-order valence-electron chi connectivity index (χ0n) is 13.2. The van der Waals surface area contributed by atoms with E-state index in [4.69, 9.17) is 4.74 Å². The average molecular weight is 329 g/mol. The second-order valence-electron chi connectivity index (χ2n) is 6.00. The minimum atomic E-state index is -0.447. The maximum Gasteiger partial charge on any atom is 0.255 e.